The van der Waals surface area contributed by atoms with E-state index in [1.165, 1.54) is 17.0 Å². The molecule has 0 spiro atoms. The molecule has 4 rings (SSSR count). The van der Waals surface area contributed by atoms with Crippen molar-refractivity contribution in [1.29, 1.82) is 0 Å². The molecule has 0 saturated carbocycles. The molecule has 2 aromatic rings. The molecule has 8 nitrogen and oxygen atoms in total. The molecule has 1 atom stereocenters. The molecule has 0 bridgehead atoms. The molecule has 1 unspecified atom stereocenters. The standard InChI is InChI=1S/C25H28N2O6/c1-2-33-20-8-4-6-18(16-20)23(29)21-22(17-5-3-7-19(28)15-17)27(25(31)24(21)30)10-9-26-11-13-32-14-12-26/h3-8,15-16,22,28-29H,2,9-14H2,1H3. The lowest BCUT2D eigenvalue weighted by atomic mass is 9.95. The lowest BCUT2D eigenvalue weighted by Gasteiger charge is -2.31. The number of carbonyl (C=O) groups is 2. The van der Waals surface area contributed by atoms with Gasteiger partial charge in [0.05, 0.1) is 31.4 Å². The monoisotopic (exact) mass is 452 g/mol. The van der Waals surface area contributed by atoms with Gasteiger partial charge in [0.1, 0.15) is 17.3 Å². The van der Waals surface area contributed by atoms with Gasteiger partial charge >= 0.3 is 0 Å². The third-order valence-electron chi connectivity index (χ3n) is 5.91. The highest BCUT2D eigenvalue weighted by Gasteiger charge is 2.46. The quantitative estimate of drug-likeness (QED) is 0.378. The summed E-state index contributed by atoms with van der Waals surface area (Å²) < 4.78 is 10.9. The lowest BCUT2D eigenvalue weighted by Crippen LogP contribution is -2.42. The maximum atomic E-state index is 13.1. The van der Waals surface area contributed by atoms with Crippen LogP contribution in [0.4, 0.5) is 0 Å². The molecular weight excluding hydrogens is 424 g/mol. The van der Waals surface area contributed by atoms with Crippen LogP contribution in [0.25, 0.3) is 5.76 Å². The van der Waals surface area contributed by atoms with Crippen LogP contribution >= 0.6 is 0 Å². The second-order valence-corrected chi connectivity index (χ2v) is 8.00. The van der Waals surface area contributed by atoms with Gasteiger partial charge in [0.15, 0.2) is 0 Å². The minimum atomic E-state index is -0.811. The van der Waals surface area contributed by atoms with Gasteiger partial charge in [0, 0.05) is 31.7 Å². The number of hydrogen-bond donors (Lipinski definition) is 2. The molecule has 33 heavy (non-hydrogen) atoms. The van der Waals surface area contributed by atoms with Gasteiger partial charge in [-0.1, -0.05) is 24.3 Å². The van der Waals surface area contributed by atoms with E-state index in [-0.39, 0.29) is 17.1 Å². The highest BCUT2D eigenvalue weighted by atomic mass is 16.5. The molecule has 2 aromatic carbocycles. The number of phenols is 1. The lowest BCUT2D eigenvalue weighted by molar-refractivity contribution is -0.140. The van der Waals surface area contributed by atoms with E-state index in [1.54, 1.807) is 36.4 Å². The number of rotatable bonds is 7. The molecule has 2 saturated heterocycles. The number of Topliss-reactive ketones (excluding diaryl/α,β-unsaturated/α-hetero) is 1. The van der Waals surface area contributed by atoms with Crippen molar-refractivity contribution in [2.24, 2.45) is 0 Å². The van der Waals surface area contributed by atoms with Crippen LogP contribution in [0.5, 0.6) is 11.5 Å². The number of amides is 1. The van der Waals surface area contributed by atoms with Crippen molar-refractivity contribution in [3.05, 3.63) is 65.2 Å². The Kier molecular flexibility index (Phi) is 6.96. The second kappa shape index (κ2) is 10.1. The Hall–Kier alpha value is -3.36. The second-order valence-electron chi connectivity index (χ2n) is 8.00. The summed E-state index contributed by atoms with van der Waals surface area (Å²) in [6.07, 6.45) is 0. The Bertz CT molecular complexity index is 1060. The molecule has 0 radical (unpaired) electrons. The zero-order chi connectivity index (χ0) is 23.4. The van der Waals surface area contributed by atoms with Gasteiger partial charge in [0.2, 0.25) is 0 Å². The highest BCUT2D eigenvalue weighted by Crippen LogP contribution is 2.40. The number of aromatic hydroxyl groups is 1. The molecule has 2 aliphatic rings. The maximum Gasteiger partial charge on any atom is 0.295 e. The van der Waals surface area contributed by atoms with Gasteiger partial charge in [-0.15, -0.1) is 0 Å². The van der Waals surface area contributed by atoms with E-state index in [0.29, 0.717) is 49.8 Å². The molecular formula is C25H28N2O6. The number of hydrogen-bond acceptors (Lipinski definition) is 7. The predicted octanol–water partition coefficient (Wildman–Crippen LogP) is 2.54. The summed E-state index contributed by atoms with van der Waals surface area (Å²) in [6.45, 7) is 5.96. The molecule has 0 aliphatic carbocycles. The first-order valence-corrected chi connectivity index (χ1v) is 11.1. The summed E-state index contributed by atoms with van der Waals surface area (Å²) in [5.74, 6) is -1.11. The fourth-order valence-electron chi connectivity index (χ4n) is 4.28. The van der Waals surface area contributed by atoms with Crippen molar-refractivity contribution in [2.45, 2.75) is 13.0 Å². The number of aliphatic hydroxyl groups is 1. The van der Waals surface area contributed by atoms with Crippen LogP contribution in [-0.4, -0.2) is 77.7 Å². The van der Waals surface area contributed by atoms with Gasteiger partial charge in [-0.25, -0.2) is 0 Å². The number of benzene rings is 2. The number of nitrogens with zero attached hydrogens (tertiary/aromatic N) is 2. The molecule has 8 heteroatoms. The van der Waals surface area contributed by atoms with Crippen LogP contribution in [0.15, 0.2) is 54.1 Å². The van der Waals surface area contributed by atoms with Crippen LogP contribution in [0, 0.1) is 0 Å². The fraction of sp³-hybridized carbons (Fsp3) is 0.360. The van der Waals surface area contributed by atoms with Crippen molar-refractivity contribution < 1.29 is 29.3 Å². The Morgan fingerprint density at radius 1 is 1.09 bits per heavy atom. The smallest absolute Gasteiger partial charge is 0.295 e. The van der Waals surface area contributed by atoms with Crippen molar-refractivity contribution in [1.82, 2.24) is 9.80 Å². The van der Waals surface area contributed by atoms with Crippen LogP contribution in [-0.2, 0) is 14.3 Å². The number of ketones is 1. The molecule has 0 aromatic heterocycles. The minimum absolute atomic E-state index is 0.00114. The zero-order valence-corrected chi connectivity index (χ0v) is 18.6. The van der Waals surface area contributed by atoms with E-state index in [0.717, 1.165) is 13.1 Å². The average Bonchev–Trinajstić information content (AvgIpc) is 3.08. The Morgan fingerprint density at radius 2 is 1.85 bits per heavy atom. The van der Waals surface area contributed by atoms with E-state index in [9.17, 15) is 19.8 Å². The molecule has 2 fully saturated rings. The molecule has 174 valence electrons. The van der Waals surface area contributed by atoms with E-state index in [1.807, 2.05) is 6.92 Å². The van der Waals surface area contributed by atoms with E-state index < -0.39 is 17.7 Å². The van der Waals surface area contributed by atoms with Gasteiger partial charge in [-0.3, -0.25) is 14.5 Å². The van der Waals surface area contributed by atoms with Crippen LogP contribution < -0.4 is 4.74 Å². The van der Waals surface area contributed by atoms with Gasteiger partial charge in [-0.2, -0.15) is 0 Å². The predicted molar refractivity (Wildman–Crippen MR) is 122 cm³/mol. The molecule has 1 amide bonds. The summed E-state index contributed by atoms with van der Waals surface area (Å²) in [6, 6.07) is 12.4. The Balaban J connectivity index is 1.74. The third kappa shape index (κ3) is 4.86. The minimum Gasteiger partial charge on any atom is -0.508 e. The van der Waals surface area contributed by atoms with Gasteiger partial charge in [0.25, 0.3) is 11.7 Å². The number of phenolic OH excluding ortho intramolecular Hbond substituents is 1. The molecule has 2 heterocycles. The molecule has 2 N–H and O–H groups in total. The Morgan fingerprint density at radius 3 is 2.58 bits per heavy atom. The maximum absolute atomic E-state index is 13.1. The van der Waals surface area contributed by atoms with E-state index in [2.05, 4.69) is 4.90 Å². The largest absolute Gasteiger partial charge is 0.508 e. The first kappa shape index (κ1) is 22.8. The van der Waals surface area contributed by atoms with Gasteiger partial charge < -0.3 is 24.6 Å². The number of aliphatic hydroxyl groups excluding tert-OH is 1. The first-order chi connectivity index (χ1) is 16.0. The van der Waals surface area contributed by atoms with Crippen molar-refractivity contribution in [2.75, 3.05) is 46.0 Å². The van der Waals surface area contributed by atoms with Crippen LogP contribution in [0.2, 0.25) is 0 Å². The number of morpholine rings is 1. The van der Waals surface area contributed by atoms with Crippen LogP contribution in [0.1, 0.15) is 24.1 Å². The number of carbonyl (C=O) groups excluding carboxylic acids is 2. The summed E-state index contributed by atoms with van der Waals surface area (Å²) in [4.78, 5) is 29.8. The summed E-state index contributed by atoms with van der Waals surface area (Å²) in [7, 11) is 0. The molecule has 2 aliphatic heterocycles. The summed E-state index contributed by atoms with van der Waals surface area (Å²) in [5, 5.41) is 21.2. The summed E-state index contributed by atoms with van der Waals surface area (Å²) >= 11 is 0. The highest BCUT2D eigenvalue weighted by molar-refractivity contribution is 6.46. The number of ether oxygens (including phenoxy) is 2. The average molecular weight is 453 g/mol. The van der Waals surface area contributed by atoms with Crippen LogP contribution in [0.3, 0.4) is 0 Å². The normalized spacial score (nSPS) is 20.9. The first-order valence-electron chi connectivity index (χ1n) is 11.1. The number of likely N-dealkylation sites (tertiary alicyclic amines) is 1. The van der Waals surface area contributed by atoms with E-state index >= 15 is 0 Å². The van der Waals surface area contributed by atoms with E-state index in [4.69, 9.17) is 9.47 Å². The Labute approximate surface area is 192 Å². The van der Waals surface area contributed by atoms with Crippen molar-refractivity contribution in [3.63, 3.8) is 0 Å². The zero-order valence-electron chi connectivity index (χ0n) is 18.6. The third-order valence-corrected chi connectivity index (χ3v) is 5.91. The topological polar surface area (TPSA) is 99.5 Å². The van der Waals surface area contributed by atoms with Gasteiger partial charge in [-0.05, 0) is 36.8 Å². The summed E-state index contributed by atoms with van der Waals surface area (Å²) in [5.41, 5.74) is 0.942. The SMILES string of the molecule is CCOc1cccc(C(O)=C2C(=O)C(=O)N(CCN3CCOCC3)C2c2cccc(O)c2)c1. The van der Waals surface area contributed by atoms with Crippen molar-refractivity contribution in [3.8, 4) is 11.5 Å². The fourth-order valence-corrected chi connectivity index (χ4v) is 4.28. The van der Waals surface area contributed by atoms with Crippen molar-refractivity contribution >= 4 is 17.4 Å².